The standard InChI is InChI=1S/C16H25ClN2S/c1-12(18-4)13-5-6-15(14(17)11-13)19-8-7-16(2,3)20-10-9-19/h5-6,11-12,18H,7-10H2,1-4H3. The van der Waals surface area contributed by atoms with E-state index in [1.807, 2.05) is 7.05 Å². The molecule has 0 spiro atoms. The van der Waals surface area contributed by atoms with Crippen molar-refractivity contribution < 1.29 is 0 Å². The van der Waals surface area contributed by atoms with Crippen LogP contribution in [-0.2, 0) is 0 Å². The Morgan fingerprint density at radius 3 is 2.75 bits per heavy atom. The minimum atomic E-state index is 0.333. The Bertz CT molecular complexity index is 462. The van der Waals surface area contributed by atoms with E-state index in [0.29, 0.717) is 10.8 Å². The van der Waals surface area contributed by atoms with E-state index >= 15 is 0 Å². The maximum atomic E-state index is 6.51. The van der Waals surface area contributed by atoms with Gasteiger partial charge in [0.2, 0.25) is 0 Å². The van der Waals surface area contributed by atoms with Crippen molar-refractivity contribution in [2.24, 2.45) is 0 Å². The zero-order chi connectivity index (χ0) is 14.8. The van der Waals surface area contributed by atoms with Gasteiger partial charge in [0, 0.05) is 29.6 Å². The van der Waals surface area contributed by atoms with Crippen molar-refractivity contribution in [3.8, 4) is 0 Å². The lowest BCUT2D eigenvalue weighted by atomic mass is 10.1. The number of halogens is 1. The second-order valence-electron chi connectivity index (χ2n) is 6.07. The summed E-state index contributed by atoms with van der Waals surface area (Å²) in [6.07, 6.45) is 1.20. The van der Waals surface area contributed by atoms with Crippen molar-refractivity contribution in [3.63, 3.8) is 0 Å². The molecule has 2 rings (SSSR count). The molecule has 20 heavy (non-hydrogen) atoms. The van der Waals surface area contributed by atoms with Crippen LogP contribution >= 0.6 is 23.4 Å². The molecule has 0 saturated carbocycles. The molecule has 1 aromatic carbocycles. The van der Waals surface area contributed by atoms with Gasteiger partial charge in [-0.25, -0.2) is 0 Å². The van der Waals surface area contributed by atoms with E-state index in [2.05, 4.69) is 60.9 Å². The second-order valence-corrected chi connectivity index (χ2v) is 8.28. The minimum absolute atomic E-state index is 0.333. The van der Waals surface area contributed by atoms with Gasteiger partial charge >= 0.3 is 0 Å². The van der Waals surface area contributed by atoms with E-state index in [1.54, 1.807) is 0 Å². The molecular formula is C16H25ClN2S. The second kappa shape index (κ2) is 6.59. The van der Waals surface area contributed by atoms with E-state index in [-0.39, 0.29) is 0 Å². The van der Waals surface area contributed by atoms with Gasteiger partial charge in [0.1, 0.15) is 0 Å². The number of benzene rings is 1. The molecule has 1 fully saturated rings. The van der Waals surface area contributed by atoms with Crippen LogP contribution in [0.5, 0.6) is 0 Å². The summed E-state index contributed by atoms with van der Waals surface area (Å²) in [5.74, 6) is 1.16. The van der Waals surface area contributed by atoms with Gasteiger partial charge in [0.15, 0.2) is 0 Å². The third kappa shape index (κ3) is 3.84. The molecule has 1 aliphatic rings. The lowest BCUT2D eigenvalue weighted by molar-refractivity contribution is 0.637. The molecule has 112 valence electrons. The Morgan fingerprint density at radius 2 is 2.10 bits per heavy atom. The molecule has 0 aliphatic carbocycles. The highest BCUT2D eigenvalue weighted by molar-refractivity contribution is 8.00. The Labute approximate surface area is 132 Å². The van der Waals surface area contributed by atoms with Gasteiger partial charge in [0.05, 0.1) is 10.7 Å². The van der Waals surface area contributed by atoms with Gasteiger partial charge in [-0.05, 0) is 38.1 Å². The summed E-state index contributed by atoms with van der Waals surface area (Å²) in [7, 11) is 1.97. The van der Waals surface area contributed by atoms with Crippen LogP contribution in [0.3, 0.4) is 0 Å². The smallest absolute Gasteiger partial charge is 0.0642 e. The average Bonchev–Trinajstić information content (AvgIpc) is 2.59. The highest BCUT2D eigenvalue weighted by Gasteiger charge is 2.24. The van der Waals surface area contributed by atoms with Gasteiger partial charge in [0.25, 0.3) is 0 Å². The normalized spacial score (nSPS) is 20.6. The minimum Gasteiger partial charge on any atom is -0.369 e. The van der Waals surface area contributed by atoms with Gasteiger partial charge in [-0.1, -0.05) is 31.5 Å². The summed E-state index contributed by atoms with van der Waals surface area (Å²) >= 11 is 8.57. The first kappa shape index (κ1) is 16.0. The number of hydrogen-bond acceptors (Lipinski definition) is 3. The summed E-state index contributed by atoms with van der Waals surface area (Å²) in [5.41, 5.74) is 2.42. The van der Waals surface area contributed by atoms with Crippen LogP contribution < -0.4 is 10.2 Å². The molecule has 0 radical (unpaired) electrons. The fraction of sp³-hybridized carbons (Fsp3) is 0.625. The highest BCUT2D eigenvalue weighted by Crippen LogP contribution is 2.35. The van der Waals surface area contributed by atoms with Gasteiger partial charge in [-0.15, -0.1) is 0 Å². The Hall–Kier alpha value is -0.380. The van der Waals surface area contributed by atoms with Crippen LogP contribution in [0.2, 0.25) is 5.02 Å². The molecule has 4 heteroatoms. The number of anilines is 1. The first-order chi connectivity index (χ1) is 9.43. The molecule has 2 nitrogen and oxygen atoms in total. The molecule has 1 aromatic rings. The van der Waals surface area contributed by atoms with E-state index in [0.717, 1.165) is 23.9 Å². The number of hydrogen-bond donors (Lipinski definition) is 1. The quantitative estimate of drug-likeness (QED) is 0.893. The van der Waals surface area contributed by atoms with E-state index < -0.39 is 0 Å². The maximum Gasteiger partial charge on any atom is 0.0642 e. The summed E-state index contributed by atoms with van der Waals surface area (Å²) < 4.78 is 0.377. The predicted molar refractivity (Wildman–Crippen MR) is 92.3 cm³/mol. The van der Waals surface area contributed by atoms with Gasteiger partial charge in [-0.2, -0.15) is 11.8 Å². The zero-order valence-electron chi connectivity index (χ0n) is 12.9. The fourth-order valence-electron chi connectivity index (χ4n) is 2.48. The van der Waals surface area contributed by atoms with E-state index in [1.165, 1.54) is 17.7 Å². The van der Waals surface area contributed by atoms with Crippen molar-refractivity contribution in [2.75, 3.05) is 30.8 Å². The molecular weight excluding hydrogens is 288 g/mol. The number of nitrogens with one attached hydrogen (secondary N) is 1. The Kier molecular flexibility index (Phi) is 5.27. The fourth-order valence-corrected chi connectivity index (χ4v) is 3.89. The molecule has 0 aromatic heterocycles. The topological polar surface area (TPSA) is 15.3 Å². The number of thioether (sulfide) groups is 1. The third-order valence-electron chi connectivity index (χ3n) is 4.08. The van der Waals surface area contributed by atoms with Crippen molar-refractivity contribution in [1.29, 1.82) is 0 Å². The lowest BCUT2D eigenvalue weighted by Gasteiger charge is -2.25. The van der Waals surface area contributed by atoms with Crippen molar-refractivity contribution in [2.45, 2.75) is 38.0 Å². The van der Waals surface area contributed by atoms with Crippen LogP contribution in [0.1, 0.15) is 38.8 Å². The molecule has 0 bridgehead atoms. The first-order valence-electron chi connectivity index (χ1n) is 7.28. The largest absolute Gasteiger partial charge is 0.369 e. The van der Waals surface area contributed by atoms with Crippen LogP contribution in [0.25, 0.3) is 0 Å². The van der Waals surface area contributed by atoms with E-state index in [4.69, 9.17) is 11.6 Å². The predicted octanol–water partition coefficient (Wildman–Crippen LogP) is 4.34. The van der Waals surface area contributed by atoms with Crippen LogP contribution in [-0.4, -0.2) is 30.6 Å². The molecule has 1 N–H and O–H groups in total. The summed E-state index contributed by atoms with van der Waals surface area (Å²) in [6.45, 7) is 8.98. The summed E-state index contributed by atoms with van der Waals surface area (Å²) in [5, 5.41) is 4.12. The lowest BCUT2D eigenvalue weighted by Crippen LogP contribution is -2.27. The number of rotatable bonds is 3. The Morgan fingerprint density at radius 1 is 1.35 bits per heavy atom. The Balaban J connectivity index is 2.16. The van der Waals surface area contributed by atoms with Crippen molar-refractivity contribution in [3.05, 3.63) is 28.8 Å². The first-order valence-corrected chi connectivity index (χ1v) is 8.65. The molecule has 1 atom stereocenters. The van der Waals surface area contributed by atoms with E-state index in [9.17, 15) is 0 Å². The number of nitrogens with zero attached hydrogens (tertiary/aromatic N) is 1. The summed E-state index contributed by atoms with van der Waals surface area (Å²) in [4.78, 5) is 2.43. The SMILES string of the molecule is CNC(C)c1ccc(N2CCSC(C)(C)CC2)c(Cl)c1. The average molecular weight is 313 g/mol. The molecule has 0 amide bonds. The highest BCUT2D eigenvalue weighted by atomic mass is 35.5. The molecule has 1 heterocycles. The molecule has 1 aliphatic heterocycles. The van der Waals surface area contributed by atoms with Gasteiger partial charge < -0.3 is 10.2 Å². The summed E-state index contributed by atoms with van der Waals surface area (Å²) in [6, 6.07) is 6.79. The van der Waals surface area contributed by atoms with Crippen LogP contribution in [0.15, 0.2) is 18.2 Å². The monoisotopic (exact) mass is 312 g/mol. The molecule has 1 unspecified atom stereocenters. The van der Waals surface area contributed by atoms with Gasteiger partial charge in [-0.3, -0.25) is 0 Å². The van der Waals surface area contributed by atoms with Crippen LogP contribution in [0.4, 0.5) is 5.69 Å². The molecule has 1 saturated heterocycles. The third-order valence-corrected chi connectivity index (χ3v) is 5.76. The zero-order valence-corrected chi connectivity index (χ0v) is 14.4. The van der Waals surface area contributed by atoms with Crippen molar-refractivity contribution in [1.82, 2.24) is 5.32 Å². The van der Waals surface area contributed by atoms with Crippen molar-refractivity contribution >= 4 is 29.1 Å². The maximum absolute atomic E-state index is 6.51. The van der Waals surface area contributed by atoms with Crippen LogP contribution in [0, 0.1) is 0 Å².